The van der Waals surface area contributed by atoms with Crippen LogP contribution in [-0.4, -0.2) is 17.8 Å². The highest BCUT2D eigenvalue weighted by molar-refractivity contribution is 9.10. The lowest BCUT2D eigenvalue weighted by Crippen LogP contribution is -2.51. The van der Waals surface area contributed by atoms with Gasteiger partial charge in [0.1, 0.15) is 0 Å². The summed E-state index contributed by atoms with van der Waals surface area (Å²) < 4.78 is 1.06. The third kappa shape index (κ3) is 3.55. The molecule has 3 unspecified atom stereocenters. The highest BCUT2D eigenvalue weighted by atomic mass is 79.9. The molecule has 21 heavy (non-hydrogen) atoms. The van der Waals surface area contributed by atoms with Crippen LogP contribution in [0.3, 0.4) is 0 Å². The first kappa shape index (κ1) is 16.2. The van der Waals surface area contributed by atoms with Crippen molar-refractivity contribution in [3.8, 4) is 0 Å². The average Bonchev–Trinajstić information content (AvgIpc) is 2.75. The number of allylic oxidation sites excluding steroid dienone is 1. The van der Waals surface area contributed by atoms with E-state index in [1.165, 1.54) is 0 Å². The molecule has 0 aromatic heterocycles. The second kappa shape index (κ2) is 6.75. The van der Waals surface area contributed by atoms with Crippen LogP contribution in [0.15, 0.2) is 46.5 Å². The van der Waals surface area contributed by atoms with Crippen molar-refractivity contribution in [3.63, 3.8) is 0 Å². The smallest absolute Gasteiger partial charge is 0.180 e. The number of hydrogen-bond donors (Lipinski definition) is 1. The molecule has 0 radical (unpaired) electrons. The Bertz CT molecular complexity index is 526. The molecular formula is C17H23BrN2O. The van der Waals surface area contributed by atoms with E-state index in [-0.39, 0.29) is 6.04 Å². The van der Waals surface area contributed by atoms with Crippen molar-refractivity contribution in [2.75, 3.05) is 0 Å². The van der Waals surface area contributed by atoms with E-state index in [2.05, 4.69) is 59.0 Å². The van der Waals surface area contributed by atoms with Crippen LogP contribution in [-0.2, 0) is 10.4 Å². The minimum absolute atomic E-state index is 0.0819. The number of oxime groups is 1. The predicted octanol–water partition coefficient (Wildman–Crippen LogP) is 4.38. The molecule has 4 heteroatoms. The van der Waals surface area contributed by atoms with E-state index >= 15 is 0 Å². The number of halogens is 1. The van der Waals surface area contributed by atoms with Gasteiger partial charge >= 0.3 is 0 Å². The van der Waals surface area contributed by atoms with Crippen molar-refractivity contribution < 1.29 is 4.84 Å². The van der Waals surface area contributed by atoms with Crippen LogP contribution in [0.1, 0.15) is 39.2 Å². The first-order valence-corrected chi connectivity index (χ1v) is 8.12. The van der Waals surface area contributed by atoms with Crippen LogP contribution < -0.4 is 5.32 Å². The fourth-order valence-electron chi connectivity index (χ4n) is 2.69. The lowest BCUT2D eigenvalue weighted by atomic mass is 9.86. The molecule has 114 valence electrons. The fourth-order valence-corrected chi connectivity index (χ4v) is 2.95. The maximum atomic E-state index is 5.79. The monoisotopic (exact) mass is 350 g/mol. The molecule has 0 aliphatic carbocycles. The van der Waals surface area contributed by atoms with Gasteiger partial charge in [0.25, 0.3) is 0 Å². The summed E-state index contributed by atoms with van der Waals surface area (Å²) in [6.07, 6.45) is 4.02. The molecule has 1 aromatic carbocycles. The van der Waals surface area contributed by atoms with E-state index in [0.717, 1.165) is 28.6 Å². The van der Waals surface area contributed by atoms with Crippen LogP contribution in [0.25, 0.3) is 0 Å². The number of nitrogens with zero attached hydrogens (tertiary/aromatic N) is 1. The molecule has 0 fully saturated rings. The van der Waals surface area contributed by atoms with E-state index in [9.17, 15) is 0 Å². The van der Waals surface area contributed by atoms with Crippen molar-refractivity contribution in [2.45, 2.75) is 51.3 Å². The SMILES string of the molecule is C=CCCC(C)NC1C(C)=NOC1(C)c1ccc(Br)cc1. The molecule has 0 saturated heterocycles. The van der Waals surface area contributed by atoms with Crippen molar-refractivity contribution in [1.82, 2.24) is 5.32 Å². The summed E-state index contributed by atoms with van der Waals surface area (Å²) in [6.45, 7) is 10.1. The number of rotatable bonds is 6. The molecule has 1 aliphatic rings. The van der Waals surface area contributed by atoms with Crippen LogP contribution in [0, 0.1) is 0 Å². The summed E-state index contributed by atoms with van der Waals surface area (Å²) >= 11 is 3.47. The van der Waals surface area contributed by atoms with E-state index in [1.54, 1.807) is 0 Å². The van der Waals surface area contributed by atoms with Crippen molar-refractivity contribution >= 4 is 21.6 Å². The molecule has 1 aliphatic heterocycles. The van der Waals surface area contributed by atoms with E-state index < -0.39 is 5.60 Å². The highest BCUT2D eigenvalue weighted by Gasteiger charge is 2.45. The van der Waals surface area contributed by atoms with Crippen LogP contribution in [0.4, 0.5) is 0 Å². The highest BCUT2D eigenvalue weighted by Crippen LogP contribution is 2.35. The van der Waals surface area contributed by atoms with Gasteiger partial charge in [-0.15, -0.1) is 6.58 Å². The first-order valence-electron chi connectivity index (χ1n) is 7.33. The number of benzene rings is 1. The molecule has 3 nitrogen and oxygen atoms in total. The Morgan fingerprint density at radius 1 is 1.48 bits per heavy atom. The first-order chi connectivity index (χ1) is 9.97. The van der Waals surface area contributed by atoms with Gasteiger partial charge in [0.05, 0.1) is 11.8 Å². The van der Waals surface area contributed by atoms with E-state index in [4.69, 9.17) is 4.84 Å². The molecule has 2 rings (SSSR count). The molecule has 1 N–H and O–H groups in total. The lowest BCUT2D eigenvalue weighted by molar-refractivity contribution is -0.0252. The second-order valence-electron chi connectivity index (χ2n) is 5.80. The molecule has 0 saturated carbocycles. The van der Waals surface area contributed by atoms with Gasteiger partial charge in [-0.2, -0.15) is 0 Å². The lowest BCUT2D eigenvalue weighted by Gasteiger charge is -2.32. The van der Waals surface area contributed by atoms with Crippen LogP contribution >= 0.6 is 15.9 Å². The van der Waals surface area contributed by atoms with Gasteiger partial charge in [-0.3, -0.25) is 0 Å². The van der Waals surface area contributed by atoms with Gasteiger partial charge < -0.3 is 10.2 Å². The van der Waals surface area contributed by atoms with Crippen molar-refractivity contribution in [2.24, 2.45) is 5.16 Å². The van der Waals surface area contributed by atoms with Crippen molar-refractivity contribution in [3.05, 3.63) is 47.0 Å². The fraction of sp³-hybridized carbons (Fsp3) is 0.471. The maximum Gasteiger partial charge on any atom is 0.180 e. The number of nitrogens with one attached hydrogen (secondary N) is 1. The molecule has 0 spiro atoms. The third-order valence-electron chi connectivity index (χ3n) is 4.02. The van der Waals surface area contributed by atoms with Gasteiger partial charge in [-0.05, 0) is 51.3 Å². The van der Waals surface area contributed by atoms with Crippen LogP contribution in [0.5, 0.6) is 0 Å². The molecule has 0 amide bonds. The second-order valence-corrected chi connectivity index (χ2v) is 6.72. The Morgan fingerprint density at radius 2 is 2.14 bits per heavy atom. The zero-order valence-corrected chi connectivity index (χ0v) is 14.5. The summed E-state index contributed by atoms with van der Waals surface area (Å²) in [5.41, 5.74) is 1.65. The Morgan fingerprint density at radius 3 is 2.76 bits per heavy atom. The Kier molecular flexibility index (Phi) is 5.22. The Labute approximate surface area is 135 Å². The predicted molar refractivity (Wildman–Crippen MR) is 91.5 cm³/mol. The van der Waals surface area contributed by atoms with Crippen LogP contribution in [0.2, 0.25) is 0 Å². The third-order valence-corrected chi connectivity index (χ3v) is 4.55. The largest absolute Gasteiger partial charge is 0.383 e. The van der Waals surface area contributed by atoms with Gasteiger partial charge in [0, 0.05) is 10.5 Å². The van der Waals surface area contributed by atoms with Gasteiger partial charge in [0.2, 0.25) is 0 Å². The van der Waals surface area contributed by atoms with E-state index in [0.29, 0.717) is 6.04 Å². The zero-order chi connectivity index (χ0) is 15.5. The molecule has 1 heterocycles. The maximum absolute atomic E-state index is 5.79. The molecule has 3 atom stereocenters. The van der Waals surface area contributed by atoms with E-state index in [1.807, 2.05) is 25.1 Å². The quantitative estimate of drug-likeness (QED) is 0.772. The topological polar surface area (TPSA) is 33.6 Å². The zero-order valence-electron chi connectivity index (χ0n) is 12.9. The average molecular weight is 351 g/mol. The molecular weight excluding hydrogens is 328 g/mol. The molecule has 0 bridgehead atoms. The van der Waals surface area contributed by atoms with Gasteiger partial charge in [-0.1, -0.05) is 39.3 Å². The summed E-state index contributed by atoms with van der Waals surface area (Å²) in [7, 11) is 0. The summed E-state index contributed by atoms with van der Waals surface area (Å²) in [6, 6.07) is 8.71. The minimum atomic E-state index is -0.465. The van der Waals surface area contributed by atoms with Gasteiger partial charge in [0.15, 0.2) is 5.60 Å². The van der Waals surface area contributed by atoms with Crippen molar-refractivity contribution in [1.29, 1.82) is 0 Å². The number of hydrogen-bond acceptors (Lipinski definition) is 3. The Balaban J connectivity index is 2.18. The normalized spacial score (nSPS) is 26.1. The summed E-state index contributed by atoms with van der Waals surface area (Å²) in [5.74, 6) is 0. The Hall–Kier alpha value is -1.13. The van der Waals surface area contributed by atoms with Gasteiger partial charge in [-0.25, -0.2) is 0 Å². The summed E-state index contributed by atoms with van der Waals surface area (Å²) in [4.78, 5) is 5.79. The molecule has 1 aromatic rings. The summed E-state index contributed by atoms with van der Waals surface area (Å²) in [5, 5.41) is 7.88. The standard InChI is InChI=1S/C17H23BrN2O/c1-5-6-7-12(2)19-16-13(3)20-21-17(16,4)14-8-10-15(18)11-9-14/h5,8-12,16,19H,1,6-7H2,2-4H3. The minimum Gasteiger partial charge on any atom is -0.383 e.